The highest BCUT2D eigenvalue weighted by Gasteiger charge is 2.17. The number of aliphatic imine (C=N–C) groups is 1. The van der Waals surface area contributed by atoms with E-state index in [1.54, 1.807) is 0 Å². The molecule has 0 radical (unpaired) electrons. The van der Waals surface area contributed by atoms with Crippen LogP contribution in [0.2, 0.25) is 0 Å². The summed E-state index contributed by atoms with van der Waals surface area (Å²) in [4.78, 5) is 23.0. The Hall–Kier alpha value is -2.18. The lowest BCUT2D eigenvalue weighted by atomic mass is 10.3. The maximum atomic E-state index is 10.3. The van der Waals surface area contributed by atoms with Gasteiger partial charge in [-0.15, -0.1) is 0 Å². The van der Waals surface area contributed by atoms with Crippen LogP contribution >= 0.6 is 15.9 Å². The molecule has 0 spiro atoms. The predicted molar refractivity (Wildman–Crippen MR) is 83.1 cm³/mol. The predicted octanol–water partition coefficient (Wildman–Crippen LogP) is 0.272. The van der Waals surface area contributed by atoms with Gasteiger partial charge >= 0.3 is 5.82 Å². The van der Waals surface area contributed by atoms with Crippen molar-refractivity contribution in [3.8, 4) is 0 Å². The summed E-state index contributed by atoms with van der Waals surface area (Å²) in [5, 5.41) is 42.0. The van der Waals surface area contributed by atoms with Gasteiger partial charge in [-0.1, -0.05) is 15.9 Å². The van der Waals surface area contributed by atoms with Crippen LogP contribution in [-0.2, 0) is 13.2 Å². The molecule has 12 heteroatoms. The molecular weight excluding hydrogens is 378 g/mol. The van der Waals surface area contributed by atoms with Crippen molar-refractivity contribution >= 4 is 27.5 Å². The first-order chi connectivity index (χ1) is 10.9. The number of nitrogens with zero attached hydrogens (tertiary/aromatic N) is 5. The average molecular weight is 392 g/mol. The zero-order chi connectivity index (χ0) is 17.4. The van der Waals surface area contributed by atoms with Gasteiger partial charge in [-0.3, -0.25) is 15.1 Å². The molecule has 0 fully saturated rings. The van der Waals surface area contributed by atoms with E-state index in [1.165, 1.54) is 16.8 Å². The molecule has 126 valence electrons. The van der Waals surface area contributed by atoms with Gasteiger partial charge in [-0.25, -0.2) is 0 Å². The number of nitro groups is 2. The Kier molecular flexibility index (Phi) is 7.44. The molecule has 0 amide bonds. The van der Waals surface area contributed by atoms with Crippen molar-refractivity contribution in [2.24, 2.45) is 4.99 Å². The molecule has 0 unspecified atom stereocenters. The molecule has 0 aromatic carbocycles. The van der Waals surface area contributed by atoms with Crippen LogP contribution in [0, 0.1) is 20.2 Å². The van der Waals surface area contributed by atoms with E-state index in [1.807, 2.05) is 0 Å². The number of aromatic nitrogens is 2. The van der Waals surface area contributed by atoms with Gasteiger partial charge in [0.1, 0.15) is 6.54 Å². The smallest absolute Gasteiger partial charge is 0.390 e. The number of hydrogen-bond donors (Lipinski definition) is 2. The second-order valence-electron chi connectivity index (χ2n) is 4.18. The van der Waals surface area contributed by atoms with Crippen LogP contribution in [0.3, 0.4) is 0 Å². The fraction of sp³-hybridized carbons (Fsp3) is 0.455. The van der Waals surface area contributed by atoms with E-state index >= 15 is 0 Å². The van der Waals surface area contributed by atoms with Gasteiger partial charge in [-0.2, -0.15) is 4.68 Å². The zero-order valence-corrected chi connectivity index (χ0v) is 13.4. The first-order valence-corrected chi connectivity index (χ1v) is 7.42. The Labute approximate surface area is 138 Å². The molecule has 1 aliphatic heterocycles. The quantitative estimate of drug-likeness (QED) is 0.400. The van der Waals surface area contributed by atoms with Crippen molar-refractivity contribution in [1.29, 1.82) is 0 Å². The van der Waals surface area contributed by atoms with Crippen molar-refractivity contribution in [1.82, 2.24) is 9.78 Å². The summed E-state index contributed by atoms with van der Waals surface area (Å²) >= 11 is 3.18. The standard InChI is InChI=1S/C6H8BrN3O3.C5H6N2O3/c7-1-2-9-5(4-11)3-6(8-9)10(12)13;8-3-4-1-5(2-6-4)7(9)10/h3,11H,1-2,4H2;1,8H,2-3H2. The first kappa shape index (κ1) is 18.9. The van der Waals surface area contributed by atoms with Crippen LogP contribution in [0.5, 0.6) is 0 Å². The largest absolute Gasteiger partial charge is 0.390 e. The highest BCUT2D eigenvalue weighted by molar-refractivity contribution is 9.09. The first-order valence-electron chi connectivity index (χ1n) is 6.30. The van der Waals surface area contributed by atoms with E-state index in [-0.39, 0.29) is 31.3 Å². The number of aliphatic hydroxyl groups excluding tert-OH is 2. The van der Waals surface area contributed by atoms with E-state index in [0.29, 0.717) is 23.3 Å². The maximum absolute atomic E-state index is 10.3. The van der Waals surface area contributed by atoms with Gasteiger partial charge in [0.2, 0.25) is 0 Å². The number of halogens is 1. The molecule has 0 saturated heterocycles. The lowest BCUT2D eigenvalue weighted by Crippen LogP contribution is -2.05. The van der Waals surface area contributed by atoms with Gasteiger partial charge in [0.15, 0.2) is 0 Å². The van der Waals surface area contributed by atoms with E-state index in [9.17, 15) is 20.2 Å². The van der Waals surface area contributed by atoms with Gasteiger partial charge in [-0.05, 0) is 4.92 Å². The molecule has 0 bridgehead atoms. The third kappa shape index (κ3) is 5.50. The Balaban J connectivity index is 0.000000238. The minimum Gasteiger partial charge on any atom is -0.390 e. The minimum absolute atomic E-state index is 0.0454. The monoisotopic (exact) mass is 391 g/mol. The SMILES string of the molecule is O=[N+]([O-])C1=CC(CO)=NC1.O=[N+]([O-])c1cc(CO)n(CCBr)n1. The molecule has 0 atom stereocenters. The molecule has 2 rings (SSSR count). The fourth-order valence-electron chi connectivity index (χ4n) is 1.60. The van der Waals surface area contributed by atoms with E-state index in [2.05, 4.69) is 26.0 Å². The molecule has 1 aromatic heterocycles. The highest BCUT2D eigenvalue weighted by Crippen LogP contribution is 2.12. The topological polar surface area (TPSA) is 157 Å². The van der Waals surface area contributed by atoms with Crippen LogP contribution in [-0.4, -0.2) is 54.0 Å². The minimum atomic E-state index is -0.579. The summed E-state index contributed by atoms with van der Waals surface area (Å²) < 4.78 is 1.41. The van der Waals surface area contributed by atoms with Crippen LogP contribution in [0.15, 0.2) is 22.8 Å². The number of hydrogen-bond acceptors (Lipinski definition) is 8. The molecule has 23 heavy (non-hydrogen) atoms. The number of rotatable bonds is 6. The molecule has 11 nitrogen and oxygen atoms in total. The van der Waals surface area contributed by atoms with Crippen molar-refractivity contribution in [2.75, 3.05) is 18.5 Å². The zero-order valence-electron chi connectivity index (χ0n) is 11.8. The average Bonchev–Trinajstić information content (AvgIpc) is 3.14. The molecule has 0 aliphatic carbocycles. The Morgan fingerprint density at radius 1 is 1.26 bits per heavy atom. The van der Waals surface area contributed by atoms with Gasteiger partial charge in [0.05, 0.1) is 47.3 Å². The van der Waals surface area contributed by atoms with Crippen molar-refractivity contribution in [2.45, 2.75) is 13.2 Å². The van der Waals surface area contributed by atoms with Gasteiger partial charge in [0.25, 0.3) is 5.70 Å². The summed E-state index contributed by atoms with van der Waals surface area (Å²) in [6, 6.07) is 1.27. The van der Waals surface area contributed by atoms with Crippen LogP contribution in [0.4, 0.5) is 5.82 Å². The van der Waals surface area contributed by atoms with Crippen molar-refractivity contribution in [3.05, 3.63) is 43.8 Å². The third-order valence-corrected chi connectivity index (χ3v) is 3.02. The molecule has 1 aromatic rings. The normalized spacial score (nSPS) is 13.0. The lowest BCUT2D eigenvalue weighted by molar-refractivity contribution is -0.424. The van der Waals surface area contributed by atoms with Gasteiger partial charge < -0.3 is 20.3 Å². The lowest BCUT2D eigenvalue weighted by Gasteiger charge is -1.94. The second-order valence-corrected chi connectivity index (χ2v) is 4.97. The maximum Gasteiger partial charge on any atom is 0.390 e. The van der Waals surface area contributed by atoms with Crippen LogP contribution in [0.25, 0.3) is 0 Å². The Morgan fingerprint density at radius 3 is 2.35 bits per heavy atom. The molecular formula is C11H14BrN5O6. The second kappa shape index (κ2) is 9.07. The van der Waals surface area contributed by atoms with Crippen LogP contribution in [0.1, 0.15) is 5.69 Å². The van der Waals surface area contributed by atoms with Gasteiger partial charge in [0, 0.05) is 11.4 Å². The molecule has 0 saturated carbocycles. The molecule has 1 aliphatic rings. The summed E-state index contributed by atoms with van der Waals surface area (Å²) in [5.74, 6) is -0.231. The number of aliphatic hydroxyl groups is 2. The number of aryl methyl sites for hydroxylation is 1. The van der Waals surface area contributed by atoms with E-state index < -0.39 is 9.85 Å². The Bertz CT molecular complexity index is 641. The van der Waals surface area contributed by atoms with E-state index in [0.717, 1.165) is 0 Å². The Morgan fingerprint density at radius 2 is 1.96 bits per heavy atom. The fourth-order valence-corrected chi connectivity index (χ4v) is 1.94. The summed E-state index contributed by atoms with van der Waals surface area (Å²) in [5.41, 5.74) is 0.877. The highest BCUT2D eigenvalue weighted by atomic mass is 79.9. The summed E-state index contributed by atoms with van der Waals surface area (Å²) in [7, 11) is 0. The third-order valence-electron chi connectivity index (χ3n) is 2.67. The summed E-state index contributed by atoms with van der Waals surface area (Å²) in [6.45, 7) is 0.123. The number of alkyl halides is 1. The molecule has 2 heterocycles. The van der Waals surface area contributed by atoms with E-state index in [4.69, 9.17) is 10.2 Å². The molecule has 2 N–H and O–H groups in total. The van der Waals surface area contributed by atoms with Crippen LogP contribution < -0.4 is 0 Å². The summed E-state index contributed by atoms with van der Waals surface area (Å²) in [6.07, 6.45) is 1.29. The van der Waals surface area contributed by atoms with Crippen molar-refractivity contribution in [3.63, 3.8) is 0 Å². The van der Waals surface area contributed by atoms with Crippen molar-refractivity contribution < 1.29 is 20.1 Å².